The van der Waals surface area contributed by atoms with Crippen LogP contribution in [0.25, 0.3) is 0 Å². The average molecular weight is 298 g/mol. The molecule has 1 aromatic carbocycles. The van der Waals surface area contributed by atoms with E-state index in [9.17, 15) is 4.39 Å². The predicted octanol–water partition coefficient (Wildman–Crippen LogP) is 2.69. The molecular weight excluding hydrogens is 281 g/mol. The molecule has 1 unspecified atom stereocenters. The fourth-order valence-electron chi connectivity index (χ4n) is 2.35. The average Bonchev–Trinajstić information content (AvgIpc) is 2.91. The smallest absolute Gasteiger partial charge is 0.231 e. The quantitative estimate of drug-likeness (QED) is 0.946. The Bertz CT molecular complexity index is 538. The lowest BCUT2D eigenvalue weighted by atomic mass is 9.99. The number of hydrogen-bond acceptors (Lipinski definition) is 4. The lowest BCUT2D eigenvalue weighted by Crippen LogP contribution is -2.28. The molecule has 6 heteroatoms. The van der Waals surface area contributed by atoms with Gasteiger partial charge in [-0.15, -0.1) is 12.4 Å². The van der Waals surface area contributed by atoms with Gasteiger partial charge in [0.2, 0.25) is 5.89 Å². The van der Waals surface area contributed by atoms with Crippen molar-refractivity contribution in [2.75, 3.05) is 13.1 Å². The van der Waals surface area contributed by atoms with Gasteiger partial charge in [0.25, 0.3) is 0 Å². The molecular formula is C14H17ClFN3O. The third-order valence-corrected chi connectivity index (χ3v) is 3.41. The van der Waals surface area contributed by atoms with E-state index < -0.39 is 0 Å². The van der Waals surface area contributed by atoms with Gasteiger partial charge in [-0.25, -0.2) is 4.39 Å². The van der Waals surface area contributed by atoms with Crippen LogP contribution in [0.3, 0.4) is 0 Å². The third kappa shape index (κ3) is 3.55. The van der Waals surface area contributed by atoms with Crippen molar-refractivity contribution in [3.05, 3.63) is 47.4 Å². The highest BCUT2D eigenvalue weighted by molar-refractivity contribution is 5.85. The highest BCUT2D eigenvalue weighted by atomic mass is 35.5. The summed E-state index contributed by atoms with van der Waals surface area (Å²) in [5.41, 5.74) is 0.971. The van der Waals surface area contributed by atoms with Crippen LogP contribution in [0, 0.1) is 5.82 Å². The summed E-state index contributed by atoms with van der Waals surface area (Å²) in [5.74, 6) is 1.49. The first-order valence-corrected chi connectivity index (χ1v) is 6.59. The van der Waals surface area contributed by atoms with Crippen LogP contribution in [0.1, 0.15) is 36.0 Å². The van der Waals surface area contributed by atoms with E-state index in [2.05, 4.69) is 15.5 Å². The SMILES string of the molecule is Cl.Fc1ccc(Cc2nc(C3CCCNC3)no2)cc1. The van der Waals surface area contributed by atoms with Gasteiger partial charge >= 0.3 is 0 Å². The van der Waals surface area contributed by atoms with Crippen LogP contribution in [0.4, 0.5) is 4.39 Å². The Morgan fingerprint density at radius 2 is 2.10 bits per heavy atom. The van der Waals surface area contributed by atoms with Crippen LogP contribution in [0.2, 0.25) is 0 Å². The zero-order valence-corrected chi connectivity index (χ0v) is 11.8. The second-order valence-corrected chi connectivity index (χ2v) is 4.89. The molecule has 1 fully saturated rings. The second kappa shape index (κ2) is 6.81. The van der Waals surface area contributed by atoms with E-state index >= 15 is 0 Å². The maximum Gasteiger partial charge on any atom is 0.231 e. The molecule has 1 aliphatic heterocycles. The lowest BCUT2D eigenvalue weighted by Gasteiger charge is -2.19. The summed E-state index contributed by atoms with van der Waals surface area (Å²) < 4.78 is 18.1. The maximum atomic E-state index is 12.8. The summed E-state index contributed by atoms with van der Waals surface area (Å²) in [5, 5.41) is 7.39. The van der Waals surface area contributed by atoms with Gasteiger partial charge in [-0.3, -0.25) is 0 Å². The van der Waals surface area contributed by atoms with Crippen molar-refractivity contribution in [3.63, 3.8) is 0 Å². The number of nitrogens with one attached hydrogen (secondary N) is 1. The standard InChI is InChI=1S/C14H16FN3O.ClH/c15-12-5-3-10(4-6-12)8-13-17-14(18-19-13)11-2-1-7-16-9-11;/h3-6,11,16H,1-2,7-9H2;1H. The Balaban J connectivity index is 0.00000147. The molecule has 0 spiro atoms. The predicted molar refractivity (Wildman–Crippen MR) is 75.6 cm³/mol. The van der Waals surface area contributed by atoms with E-state index in [0.717, 1.165) is 37.3 Å². The first-order chi connectivity index (χ1) is 9.31. The summed E-state index contributed by atoms with van der Waals surface area (Å²) in [6.45, 7) is 1.98. The number of rotatable bonds is 3. The summed E-state index contributed by atoms with van der Waals surface area (Å²) in [6, 6.07) is 6.36. The normalized spacial score (nSPS) is 18.6. The minimum Gasteiger partial charge on any atom is -0.339 e. The number of aromatic nitrogens is 2. The molecule has 2 aromatic rings. The van der Waals surface area contributed by atoms with Crippen molar-refractivity contribution in [2.24, 2.45) is 0 Å². The molecule has 3 rings (SSSR count). The largest absolute Gasteiger partial charge is 0.339 e. The van der Waals surface area contributed by atoms with Gasteiger partial charge < -0.3 is 9.84 Å². The van der Waals surface area contributed by atoms with Crippen molar-refractivity contribution in [1.29, 1.82) is 0 Å². The molecule has 1 aromatic heterocycles. The van der Waals surface area contributed by atoms with Crippen LogP contribution in [-0.4, -0.2) is 23.2 Å². The monoisotopic (exact) mass is 297 g/mol. The van der Waals surface area contributed by atoms with Gasteiger partial charge in [0.05, 0.1) is 6.42 Å². The van der Waals surface area contributed by atoms with Gasteiger partial charge in [-0.05, 0) is 37.1 Å². The summed E-state index contributed by atoms with van der Waals surface area (Å²) in [4.78, 5) is 4.44. The Kier molecular flexibility index (Phi) is 5.09. The van der Waals surface area contributed by atoms with Crippen molar-refractivity contribution >= 4 is 12.4 Å². The highest BCUT2D eigenvalue weighted by Gasteiger charge is 2.20. The molecule has 1 saturated heterocycles. The van der Waals surface area contributed by atoms with E-state index in [0.29, 0.717) is 18.2 Å². The van der Waals surface area contributed by atoms with Crippen molar-refractivity contribution < 1.29 is 8.91 Å². The van der Waals surface area contributed by atoms with E-state index in [1.54, 1.807) is 12.1 Å². The molecule has 108 valence electrons. The van der Waals surface area contributed by atoms with Crippen LogP contribution in [0.5, 0.6) is 0 Å². The van der Waals surface area contributed by atoms with Crippen LogP contribution in [-0.2, 0) is 6.42 Å². The molecule has 1 aliphatic rings. The summed E-state index contributed by atoms with van der Waals surface area (Å²) in [6.07, 6.45) is 2.79. The molecule has 0 saturated carbocycles. The van der Waals surface area contributed by atoms with Crippen molar-refractivity contribution in [2.45, 2.75) is 25.2 Å². The van der Waals surface area contributed by atoms with E-state index in [1.165, 1.54) is 12.1 Å². The van der Waals surface area contributed by atoms with E-state index in [4.69, 9.17) is 4.52 Å². The Hall–Kier alpha value is -1.46. The summed E-state index contributed by atoms with van der Waals surface area (Å²) >= 11 is 0. The molecule has 0 radical (unpaired) electrons. The Labute approximate surface area is 123 Å². The number of halogens is 2. The molecule has 0 bridgehead atoms. The fraction of sp³-hybridized carbons (Fsp3) is 0.429. The van der Waals surface area contributed by atoms with Crippen molar-refractivity contribution in [3.8, 4) is 0 Å². The van der Waals surface area contributed by atoms with Crippen molar-refractivity contribution in [1.82, 2.24) is 15.5 Å². The zero-order valence-electron chi connectivity index (χ0n) is 11.0. The minimum atomic E-state index is -0.233. The number of hydrogen-bond donors (Lipinski definition) is 1. The molecule has 1 N–H and O–H groups in total. The third-order valence-electron chi connectivity index (χ3n) is 3.41. The number of piperidine rings is 1. The molecule has 0 amide bonds. The van der Waals surface area contributed by atoms with Gasteiger partial charge in [0, 0.05) is 12.5 Å². The molecule has 4 nitrogen and oxygen atoms in total. The van der Waals surface area contributed by atoms with Gasteiger partial charge in [-0.2, -0.15) is 4.98 Å². The first kappa shape index (κ1) is 14.9. The summed E-state index contributed by atoms with van der Waals surface area (Å²) in [7, 11) is 0. The Morgan fingerprint density at radius 1 is 1.30 bits per heavy atom. The molecule has 20 heavy (non-hydrogen) atoms. The fourth-order valence-corrected chi connectivity index (χ4v) is 2.35. The lowest BCUT2D eigenvalue weighted by molar-refractivity contribution is 0.366. The zero-order chi connectivity index (χ0) is 13.1. The first-order valence-electron chi connectivity index (χ1n) is 6.59. The second-order valence-electron chi connectivity index (χ2n) is 4.89. The van der Waals surface area contributed by atoms with Gasteiger partial charge in [-0.1, -0.05) is 17.3 Å². The highest BCUT2D eigenvalue weighted by Crippen LogP contribution is 2.21. The molecule has 1 atom stereocenters. The van der Waals surface area contributed by atoms with Crippen LogP contribution in [0.15, 0.2) is 28.8 Å². The number of benzene rings is 1. The van der Waals surface area contributed by atoms with E-state index in [1.807, 2.05) is 0 Å². The minimum absolute atomic E-state index is 0. The van der Waals surface area contributed by atoms with Crippen LogP contribution >= 0.6 is 12.4 Å². The number of nitrogens with zero attached hydrogens (tertiary/aromatic N) is 2. The molecule has 2 heterocycles. The van der Waals surface area contributed by atoms with E-state index in [-0.39, 0.29) is 18.2 Å². The topological polar surface area (TPSA) is 51.0 Å². The maximum absolute atomic E-state index is 12.8. The Morgan fingerprint density at radius 3 is 2.80 bits per heavy atom. The van der Waals surface area contributed by atoms with Gasteiger partial charge in [0.15, 0.2) is 5.82 Å². The van der Waals surface area contributed by atoms with Gasteiger partial charge in [0.1, 0.15) is 5.82 Å². The molecule has 0 aliphatic carbocycles. The van der Waals surface area contributed by atoms with Crippen LogP contribution < -0.4 is 5.32 Å².